The first-order valence-electron chi connectivity index (χ1n) is 6.09. The Morgan fingerprint density at radius 1 is 0.667 bits per heavy atom. The van der Waals surface area contributed by atoms with Gasteiger partial charge in [0.2, 0.25) is 0 Å². The van der Waals surface area contributed by atoms with Crippen molar-refractivity contribution in [3.05, 3.63) is 69.9 Å². The van der Waals surface area contributed by atoms with E-state index in [-0.39, 0.29) is 5.43 Å². The molecule has 18 heavy (non-hydrogen) atoms. The van der Waals surface area contributed by atoms with Crippen LogP contribution in [0.25, 0.3) is 21.5 Å². The van der Waals surface area contributed by atoms with Crippen LogP contribution in [0.3, 0.4) is 0 Å². The highest BCUT2D eigenvalue weighted by Crippen LogP contribution is 2.17. The van der Waals surface area contributed by atoms with E-state index in [1.54, 1.807) is 0 Å². The van der Waals surface area contributed by atoms with E-state index in [1.807, 2.05) is 62.4 Å². The minimum Gasteiger partial charge on any atom is -0.289 e. The van der Waals surface area contributed by atoms with Gasteiger partial charge in [0.25, 0.3) is 0 Å². The average molecular weight is 234 g/mol. The van der Waals surface area contributed by atoms with E-state index in [2.05, 4.69) is 0 Å². The predicted octanol–water partition coefficient (Wildman–Crippen LogP) is 3.97. The zero-order valence-corrected chi connectivity index (χ0v) is 10.5. The highest BCUT2D eigenvalue weighted by Gasteiger charge is 2.02. The molecule has 3 aromatic carbocycles. The quantitative estimate of drug-likeness (QED) is 0.575. The van der Waals surface area contributed by atoms with Crippen LogP contribution >= 0.6 is 0 Å². The van der Waals surface area contributed by atoms with E-state index in [9.17, 15) is 4.79 Å². The predicted molar refractivity (Wildman–Crippen MR) is 77.2 cm³/mol. The van der Waals surface area contributed by atoms with Crippen LogP contribution in [0.1, 0.15) is 11.1 Å². The maximum absolute atomic E-state index is 12.6. The maximum atomic E-state index is 12.6. The van der Waals surface area contributed by atoms with Gasteiger partial charge in [-0.3, -0.25) is 4.79 Å². The summed E-state index contributed by atoms with van der Waals surface area (Å²) in [5.41, 5.74) is 2.36. The zero-order chi connectivity index (χ0) is 12.7. The van der Waals surface area contributed by atoms with Crippen molar-refractivity contribution in [3.63, 3.8) is 0 Å². The fraction of sp³-hybridized carbons (Fsp3) is 0.118. The molecule has 3 rings (SSSR count). The second-order valence-electron chi connectivity index (χ2n) is 4.84. The van der Waals surface area contributed by atoms with Gasteiger partial charge in [0, 0.05) is 10.8 Å². The molecule has 1 heteroatoms. The molecule has 0 aliphatic carbocycles. The fourth-order valence-corrected chi connectivity index (χ4v) is 2.35. The van der Waals surface area contributed by atoms with Crippen molar-refractivity contribution >= 4 is 21.5 Å². The Labute approximate surface area is 106 Å². The summed E-state index contributed by atoms with van der Waals surface area (Å²) in [5.74, 6) is 0. The number of benzene rings is 2. The summed E-state index contributed by atoms with van der Waals surface area (Å²) in [5, 5.41) is 3.60. The molecule has 0 aliphatic heterocycles. The largest absolute Gasteiger partial charge is 0.289 e. The molecule has 0 N–H and O–H groups in total. The van der Waals surface area contributed by atoms with Crippen LogP contribution in [-0.4, -0.2) is 0 Å². The third kappa shape index (κ3) is 1.68. The Kier molecular flexibility index (Phi) is 2.41. The van der Waals surface area contributed by atoms with Crippen LogP contribution in [0.4, 0.5) is 0 Å². The lowest BCUT2D eigenvalue weighted by Crippen LogP contribution is -1.98. The fourth-order valence-electron chi connectivity index (χ4n) is 2.35. The number of hydrogen-bond donors (Lipinski definition) is 0. The van der Waals surface area contributed by atoms with Crippen LogP contribution in [0.5, 0.6) is 0 Å². The minimum absolute atomic E-state index is 0.123. The normalized spacial score (nSPS) is 11.0. The van der Waals surface area contributed by atoms with Gasteiger partial charge in [0.15, 0.2) is 5.43 Å². The molecule has 0 unspecified atom stereocenters. The average Bonchev–Trinajstić information content (AvgIpc) is 2.49. The summed E-state index contributed by atoms with van der Waals surface area (Å²) >= 11 is 0. The zero-order valence-electron chi connectivity index (χ0n) is 10.5. The Hall–Kier alpha value is -2.15. The molecule has 0 aromatic heterocycles. The van der Waals surface area contributed by atoms with Crippen LogP contribution in [0.2, 0.25) is 0 Å². The standard InChI is InChI=1S/C17H14O/c1-11-3-5-13-7-8-14-6-4-12(2)10-16(14)17(18)15(13)9-11/h3-10H,1-2H3. The summed E-state index contributed by atoms with van der Waals surface area (Å²) in [6.45, 7) is 4.03. The van der Waals surface area contributed by atoms with Crippen molar-refractivity contribution in [1.29, 1.82) is 0 Å². The van der Waals surface area contributed by atoms with E-state index >= 15 is 0 Å². The second kappa shape index (κ2) is 3.95. The summed E-state index contributed by atoms with van der Waals surface area (Å²) < 4.78 is 0. The summed E-state index contributed by atoms with van der Waals surface area (Å²) in [7, 11) is 0. The SMILES string of the molecule is Cc1ccc2ccc3ccc(C)cc3c(=O)c2c1. The Bertz CT molecular complexity index is 749. The summed E-state index contributed by atoms with van der Waals surface area (Å²) in [4.78, 5) is 12.6. The number of aryl methyl sites for hydroxylation is 2. The first-order valence-corrected chi connectivity index (χ1v) is 6.09. The molecule has 0 saturated carbocycles. The van der Waals surface area contributed by atoms with Gasteiger partial charge in [-0.1, -0.05) is 47.5 Å². The van der Waals surface area contributed by atoms with Crippen molar-refractivity contribution in [2.24, 2.45) is 0 Å². The van der Waals surface area contributed by atoms with Gasteiger partial charge < -0.3 is 0 Å². The molecule has 0 spiro atoms. The summed E-state index contributed by atoms with van der Waals surface area (Å²) in [6, 6.07) is 16.1. The van der Waals surface area contributed by atoms with Crippen LogP contribution in [0, 0.1) is 13.8 Å². The van der Waals surface area contributed by atoms with E-state index in [1.165, 1.54) is 0 Å². The van der Waals surface area contributed by atoms with Gasteiger partial charge in [-0.05, 0) is 36.8 Å². The monoisotopic (exact) mass is 234 g/mol. The molecular weight excluding hydrogens is 220 g/mol. The molecule has 0 heterocycles. The molecule has 0 radical (unpaired) electrons. The molecule has 0 amide bonds. The van der Waals surface area contributed by atoms with Gasteiger partial charge in [0.05, 0.1) is 0 Å². The van der Waals surface area contributed by atoms with Crippen molar-refractivity contribution in [1.82, 2.24) is 0 Å². The van der Waals surface area contributed by atoms with Crippen molar-refractivity contribution in [2.75, 3.05) is 0 Å². The molecular formula is C17H14O. The van der Waals surface area contributed by atoms with E-state index in [4.69, 9.17) is 0 Å². The molecule has 1 nitrogen and oxygen atoms in total. The van der Waals surface area contributed by atoms with E-state index in [0.29, 0.717) is 0 Å². The number of rotatable bonds is 0. The molecule has 3 aromatic rings. The topological polar surface area (TPSA) is 17.1 Å². The first-order chi connectivity index (χ1) is 8.65. The first kappa shape index (κ1) is 11.0. The van der Waals surface area contributed by atoms with Crippen molar-refractivity contribution < 1.29 is 0 Å². The highest BCUT2D eigenvalue weighted by atomic mass is 16.1. The van der Waals surface area contributed by atoms with Crippen LogP contribution < -0.4 is 5.43 Å². The molecule has 88 valence electrons. The van der Waals surface area contributed by atoms with Gasteiger partial charge in [-0.15, -0.1) is 0 Å². The molecule has 0 aliphatic rings. The van der Waals surface area contributed by atoms with Gasteiger partial charge in [-0.25, -0.2) is 0 Å². The van der Waals surface area contributed by atoms with Crippen molar-refractivity contribution in [2.45, 2.75) is 13.8 Å². The second-order valence-corrected chi connectivity index (χ2v) is 4.84. The van der Waals surface area contributed by atoms with E-state index < -0.39 is 0 Å². The Balaban J connectivity index is 2.62. The Morgan fingerprint density at radius 3 is 1.50 bits per heavy atom. The highest BCUT2D eigenvalue weighted by molar-refractivity contribution is 5.93. The number of hydrogen-bond acceptors (Lipinski definition) is 1. The lowest BCUT2D eigenvalue weighted by Gasteiger charge is -1.95. The lowest BCUT2D eigenvalue weighted by molar-refractivity contribution is 1.50. The number of fused-ring (bicyclic) bond motifs is 2. The van der Waals surface area contributed by atoms with Gasteiger partial charge in [-0.2, -0.15) is 0 Å². The van der Waals surface area contributed by atoms with Crippen LogP contribution in [0.15, 0.2) is 53.3 Å². The minimum atomic E-state index is 0.123. The molecule has 0 atom stereocenters. The molecule has 0 bridgehead atoms. The third-order valence-corrected chi connectivity index (χ3v) is 3.35. The van der Waals surface area contributed by atoms with Crippen LogP contribution in [-0.2, 0) is 0 Å². The lowest BCUT2D eigenvalue weighted by atomic mass is 10.1. The van der Waals surface area contributed by atoms with Crippen molar-refractivity contribution in [3.8, 4) is 0 Å². The maximum Gasteiger partial charge on any atom is 0.194 e. The molecule has 0 saturated heterocycles. The third-order valence-electron chi connectivity index (χ3n) is 3.35. The van der Waals surface area contributed by atoms with E-state index in [0.717, 1.165) is 32.7 Å². The molecule has 0 fully saturated rings. The smallest absolute Gasteiger partial charge is 0.194 e. The summed E-state index contributed by atoms with van der Waals surface area (Å²) in [6.07, 6.45) is 0. The van der Waals surface area contributed by atoms with Gasteiger partial charge >= 0.3 is 0 Å². The Morgan fingerprint density at radius 2 is 1.06 bits per heavy atom. The van der Waals surface area contributed by atoms with Gasteiger partial charge in [0.1, 0.15) is 0 Å².